The van der Waals surface area contributed by atoms with Crippen molar-refractivity contribution < 1.29 is 4.52 Å². The largest absolute Gasteiger partial charge is 0.326 e. The molecule has 14 heavy (non-hydrogen) atoms. The van der Waals surface area contributed by atoms with E-state index in [9.17, 15) is 0 Å². The van der Waals surface area contributed by atoms with Crippen LogP contribution in [-0.4, -0.2) is 10.1 Å². The molecule has 0 spiro atoms. The second kappa shape index (κ2) is 3.88. The first-order valence-corrected chi connectivity index (χ1v) is 5.16. The number of hydrogen-bond acceptors (Lipinski definition) is 3. The lowest BCUT2D eigenvalue weighted by Gasteiger charge is -1.96. The lowest BCUT2D eigenvalue weighted by molar-refractivity contribution is 0.397. The van der Waals surface area contributed by atoms with Crippen LogP contribution in [0.5, 0.6) is 0 Å². The molecule has 0 fully saturated rings. The van der Waals surface area contributed by atoms with E-state index in [0.717, 1.165) is 5.56 Å². The van der Waals surface area contributed by atoms with E-state index in [1.54, 1.807) is 18.2 Å². The molecule has 0 bridgehead atoms. The van der Waals surface area contributed by atoms with E-state index in [-0.39, 0.29) is 0 Å². The zero-order valence-electron chi connectivity index (χ0n) is 6.67. The molecule has 0 saturated heterocycles. The molecule has 1 aromatic heterocycles. The monoisotopic (exact) mass is 292 g/mol. The molecule has 0 aliphatic carbocycles. The van der Waals surface area contributed by atoms with E-state index in [1.165, 1.54) is 0 Å². The average molecular weight is 294 g/mol. The van der Waals surface area contributed by atoms with Crippen LogP contribution in [0.15, 0.2) is 27.5 Å². The van der Waals surface area contributed by atoms with Crippen molar-refractivity contribution in [3.8, 4) is 11.4 Å². The SMILES string of the molecule is Clc1cc(Cl)cc(-c2noc(Br)n2)c1. The van der Waals surface area contributed by atoms with Crippen LogP contribution < -0.4 is 0 Å². The minimum atomic E-state index is 0.323. The van der Waals surface area contributed by atoms with Crippen LogP contribution in [0.1, 0.15) is 0 Å². The van der Waals surface area contributed by atoms with Gasteiger partial charge in [0.05, 0.1) is 0 Å². The third kappa shape index (κ3) is 2.08. The molecule has 0 radical (unpaired) electrons. The highest BCUT2D eigenvalue weighted by Crippen LogP contribution is 2.25. The maximum Gasteiger partial charge on any atom is 0.294 e. The highest BCUT2D eigenvalue weighted by atomic mass is 79.9. The Hall–Kier alpha value is -0.580. The number of aromatic nitrogens is 2. The van der Waals surface area contributed by atoms with Gasteiger partial charge < -0.3 is 4.52 Å². The average Bonchev–Trinajstić information content (AvgIpc) is 2.50. The van der Waals surface area contributed by atoms with E-state index >= 15 is 0 Å². The van der Waals surface area contributed by atoms with Gasteiger partial charge in [-0.3, -0.25) is 0 Å². The van der Waals surface area contributed by atoms with E-state index in [2.05, 4.69) is 26.1 Å². The molecule has 0 atom stereocenters. The number of halogens is 3. The van der Waals surface area contributed by atoms with E-state index in [0.29, 0.717) is 20.7 Å². The summed E-state index contributed by atoms with van der Waals surface area (Å²) < 4.78 is 4.77. The van der Waals surface area contributed by atoms with Crippen molar-refractivity contribution in [1.29, 1.82) is 0 Å². The first-order chi connectivity index (χ1) is 6.65. The van der Waals surface area contributed by atoms with Crippen LogP contribution in [0.2, 0.25) is 10.0 Å². The highest BCUT2D eigenvalue weighted by Gasteiger charge is 2.07. The topological polar surface area (TPSA) is 38.9 Å². The van der Waals surface area contributed by atoms with Crippen LogP contribution >= 0.6 is 39.1 Å². The molecule has 0 N–H and O–H groups in total. The van der Waals surface area contributed by atoms with Gasteiger partial charge in [-0.1, -0.05) is 28.4 Å². The summed E-state index contributed by atoms with van der Waals surface area (Å²) in [6, 6.07) is 5.07. The van der Waals surface area contributed by atoms with Crippen LogP contribution in [-0.2, 0) is 0 Å². The normalized spacial score (nSPS) is 10.5. The third-order valence-corrected chi connectivity index (χ3v) is 2.28. The van der Waals surface area contributed by atoms with Crippen molar-refractivity contribution in [2.24, 2.45) is 0 Å². The van der Waals surface area contributed by atoms with Gasteiger partial charge in [-0.05, 0) is 18.2 Å². The van der Waals surface area contributed by atoms with Gasteiger partial charge in [-0.25, -0.2) is 0 Å². The first kappa shape index (κ1) is 9.96. The van der Waals surface area contributed by atoms with Gasteiger partial charge >= 0.3 is 0 Å². The summed E-state index contributed by atoms with van der Waals surface area (Å²) in [6.45, 7) is 0. The zero-order chi connectivity index (χ0) is 10.1. The summed E-state index contributed by atoms with van der Waals surface area (Å²) in [4.78, 5) is 4.31. The summed E-state index contributed by atoms with van der Waals surface area (Å²) in [7, 11) is 0. The smallest absolute Gasteiger partial charge is 0.294 e. The van der Waals surface area contributed by atoms with Gasteiger partial charge in [0, 0.05) is 31.5 Å². The Kier molecular flexibility index (Phi) is 2.76. The number of hydrogen-bond donors (Lipinski definition) is 0. The summed E-state index contributed by atoms with van der Waals surface area (Å²) in [6.07, 6.45) is 0. The Balaban J connectivity index is 2.51. The quantitative estimate of drug-likeness (QED) is 0.802. The predicted molar refractivity (Wildman–Crippen MR) is 57.5 cm³/mol. The molecule has 0 aliphatic rings. The molecule has 0 unspecified atom stereocenters. The van der Waals surface area contributed by atoms with Crippen LogP contribution in [0.25, 0.3) is 11.4 Å². The molecule has 6 heteroatoms. The first-order valence-electron chi connectivity index (χ1n) is 3.61. The van der Waals surface area contributed by atoms with Crippen molar-refractivity contribution in [3.05, 3.63) is 33.0 Å². The standard InChI is InChI=1S/C8H3BrCl2N2O/c9-8-12-7(13-14-8)4-1-5(10)3-6(11)2-4/h1-3H. The molecule has 0 amide bonds. The molecule has 2 aromatic rings. The third-order valence-electron chi connectivity index (χ3n) is 1.52. The molecule has 1 heterocycles. The highest BCUT2D eigenvalue weighted by molar-refractivity contribution is 9.10. The minimum Gasteiger partial charge on any atom is -0.326 e. The van der Waals surface area contributed by atoms with Gasteiger partial charge in [-0.2, -0.15) is 4.98 Å². The zero-order valence-corrected chi connectivity index (χ0v) is 9.77. The lowest BCUT2D eigenvalue weighted by atomic mass is 10.2. The number of rotatable bonds is 1. The lowest BCUT2D eigenvalue weighted by Crippen LogP contribution is -1.80. The van der Waals surface area contributed by atoms with E-state index in [4.69, 9.17) is 27.7 Å². The van der Waals surface area contributed by atoms with Crippen molar-refractivity contribution in [2.45, 2.75) is 0 Å². The molecule has 3 nitrogen and oxygen atoms in total. The number of nitrogens with zero attached hydrogens (tertiary/aromatic N) is 2. The molecule has 72 valence electrons. The van der Waals surface area contributed by atoms with Gasteiger partial charge in [0.25, 0.3) is 4.80 Å². The molecular formula is C8H3BrCl2N2O. The van der Waals surface area contributed by atoms with Crippen LogP contribution in [0.3, 0.4) is 0 Å². The van der Waals surface area contributed by atoms with Gasteiger partial charge in [0.2, 0.25) is 5.82 Å². The minimum absolute atomic E-state index is 0.323. The molecular weight excluding hydrogens is 291 g/mol. The van der Waals surface area contributed by atoms with Gasteiger partial charge in [0.1, 0.15) is 0 Å². The summed E-state index contributed by atoms with van der Waals surface area (Å²) in [5, 5.41) is 4.79. The van der Waals surface area contributed by atoms with E-state index in [1.807, 2.05) is 0 Å². The second-order valence-corrected chi connectivity index (χ2v) is 4.08. The van der Waals surface area contributed by atoms with Crippen LogP contribution in [0.4, 0.5) is 0 Å². The summed E-state index contributed by atoms with van der Waals surface area (Å²) >= 11 is 14.7. The van der Waals surface area contributed by atoms with Crippen molar-refractivity contribution >= 4 is 39.1 Å². The fourth-order valence-corrected chi connectivity index (χ4v) is 1.77. The fraction of sp³-hybridized carbons (Fsp3) is 0. The predicted octanol–water partition coefficient (Wildman–Crippen LogP) is 3.81. The van der Waals surface area contributed by atoms with Gasteiger partial charge in [-0.15, -0.1) is 0 Å². The molecule has 2 rings (SSSR count). The van der Waals surface area contributed by atoms with Crippen molar-refractivity contribution in [2.75, 3.05) is 0 Å². The Morgan fingerprint density at radius 2 is 1.79 bits per heavy atom. The molecule has 1 aromatic carbocycles. The molecule has 0 saturated carbocycles. The Bertz CT molecular complexity index is 452. The number of benzene rings is 1. The Morgan fingerprint density at radius 3 is 2.29 bits per heavy atom. The summed E-state index contributed by atoms with van der Waals surface area (Å²) in [5.74, 6) is 0.446. The van der Waals surface area contributed by atoms with Crippen molar-refractivity contribution in [1.82, 2.24) is 10.1 Å². The Labute approximate surface area is 98.1 Å². The Morgan fingerprint density at radius 1 is 1.14 bits per heavy atom. The fourth-order valence-electron chi connectivity index (χ4n) is 1.01. The summed E-state index contributed by atoms with van der Waals surface area (Å²) in [5.41, 5.74) is 0.719. The maximum absolute atomic E-state index is 5.82. The second-order valence-electron chi connectivity index (χ2n) is 2.53. The van der Waals surface area contributed by atoms with Gasteiger partial charge in [0.15, 0.2) is 0 Å². The molecule has 0 aliphatic heterocycles. The maximum atomic E-state index is 5.82. The van der Waals surface area contributed by atoms with Crippen molar-refractivity contribution in [3.63, 3.8) is 0 Å². The van der Waals surface area contributed by atoms with E-state index < -0.39 is 0 Å². The van der Waals surface area contributed by atoms with Crippen LogP contribution in [0, 0.1) is 0 Å².